The Morgan fingerprint density at radius 2 is 1.69 bits per heavy atom. The highest BCUT2D eigenvalue weighted by Gasteiger charge is 2.50. The lowest BCUT2D eigenvalue weighted by Crippen LogP contribution is -2.43. The number of nitrogens with one attached hydrogen (secondary N) is 2. The molecule has 2 heterocycles. The van der Waals surface area contributed by atoms with E-state index in [-0.39, 0.29) is 35.9 Å². The van der Waals surface area contributed by atoms with E-state index in [1.807, 2.05) is 36.4 Å². The molecule has 132 valence electrons. The first kappa shape index (κ1) is 16.6. The Bertz CT molecular complexity index is 843. The topological polar surface area (TPSA) is 83.1 Å². The van der Waals surface area contributed by atoms with E-state index < -0.39 is 0 Å². The largest absolute Gasteiger partial charge is 0.458 e. The van der Waals surface area contributed by atoms with E-state index in [4.69, 9.17) is 10.5 Å². The van der Waals surface area contributed by atoms with Crippen LogP contribution >= 0.6 is 0 Å². The van der Waals surface area contributed by atoms with Crippen molar-refractivity contribution in [3.8, 4) is 6.07 Å². The Balaban J connectivity index is 1.78. The zero-order chi connectivity index (χ0) is 18.1. The fraction of sp³-hybridized carbons (Fsp3) is 0.286. The number of allylic oxidation sites excluding steroid dienone is 1. The summed E-state index contributed by atoms with van der Waals surface area (Å²) in [6.45, 7) is 2.16. The van der Waals surface area contributed by atoms with Crippen molar-refractivity contribution in [3.63, 3.8) is 0 Å². The number of rotatable bonds is 3. The maximum atomic E-state index is 9.80. The summed E-state index contributed by atoms with van der Waals surface area (Å²) in [4.78, 5) is 0. The van der Waals surface area contributed by atoms with Crippen molar-refractivity contribution >= 4 is 0 Å². The Hall–Kier alpha value is -2.81. The molecule has 0 bridgehead atoms. The molecule has 2 aliphatic heterocycles. The van der Waals surface area contributed by atoms with Crippen LogP contribution in [0.5, 0.6) is 0 Å². The number of nitrogens with two attached hydrogens (primary N) is 1. The zero-order valence-corrected chi connectivity index (χ0v) is 14.6. The molecule has 5 nitrogen and oxygen atoms in total. The van der Waals surface area contributed by atoms with Crippen molar-refractivity contribution < 1.29 is 4.74 Å². The summed E-state index contributed by atoms with van der Waals surface area (Å²) in [5.74, 6) is 0.363. The Labute approximate surface area is 153 Å². The van der Waals surface area contributed by atoms with Crippen LogP contribution in [-0.4, -0.2) is 6.23 Å². The van der Waals surface area contributed by atoms with Gasteiger partial charge in [0.05, 0.1) is 11.6 Å². The average molecular weight is 346 g/mol. The van der Waals surface area contributed by atoms with Gasteiger partial charge in [-0.05, 0) is 17.0 Å². The van der Waals surface area contributed by atoms with Crippen molar-refractivity contribution in [3.05, 3.63) is 83.2 Å². The van der Waals surface area contributed by atoms with E-state index >= 15 is 0 Å². The van der Waals surface area contributed by atoms with E-state index in [0.717, 1.165) is 0 Å². The first-order valence-corrected chi connectivity index (χ1v) is 8.88. The van der Waals surface area contributed by atoms with Gasteiger partial charge in [0.1, 0.15) is 6.07 Å². The number of hydrogen-bond donors (Lipinski definition) is 3. The van der Waals surface area contributed by atoms with Crippen LogP contribution in [0.4, 0.5) is 0 Å². The van der Waals surface area contributed by atoms with Crippen LogP contribution in [0.2, 0.25) is 0 Å². The van der Waals surface area contributed by atoms with Crippen molar-refractivity contribution in [2.75, 3.05) is 0 Å². The maximum absolute atomic E-state index is 9.80. The van der Waals surface area contributed by atoms with Gasteiger partial charge in [0.25, 0.3) is 0 Å². The zero-order valence-electron chi connectivity index (χ0n) is 14.6. The number of nitrogens with zero attached hydrogens (tertiary/aromatic N) is 1. The molecular formula is C21H22N4O. The van der Waals surface area contributed by atoms with Crippen molar-refractivity contribution in [1.82, 2.24) is 10.9 Å². The fourth-order valence-corrected chi connectivity index (χ4v) is 4.24. The summed E-state index contributed by atoms with van der Waals surface area (Å²) in [6.07, 6.45) is -0.270. The maximum Gasteiger partial charge on any atom is 0.200 e. The lowest BCUT2D eigenvalue weighted by atomic mass is 9.70. The highest BCUT2D eigenvalue weighted by molar-refractivity contribution is 5.36. The van der Waals surface area contributed by atoms with E-state index in [9.17, 15) is 5.26 Å². The highest BCUT2D eigenvalue weighted by Crippen LogP contribution is 2.47. The molecule has 26 heavy (non-hydrogen) atoms. The Morgan fingerprint density at radius 3 is 2.35 bits per heavy atom. The second kappa shape index (κ2) is 6.83. The lowest BCUT2D eigenvalue weighted by molar-refractivity contribution is 0.0150. The standard InChI is InChI=1S/C21H22N4O/c1-13(14-8-4-2-5-9-14)17-16(12-22)20(23)26-21-18(17)19(24-25-21)15-10-6-3-7-11-15/h2-11,13,17-19,21,24-25H,23H2,1H3. The third-order valence-electron chi connectivity index (χ3n) is 5.53. The molecule has 1 saturated heterocycles. The van der Waals surface area contributed by atoms with Crippen LogP contribution in [0.3, 0.4) is 0 Å². The van der Waals surface area contributed by atoms with Crippen LogP contribution in [0.1, 0.15) is 30.0 Å². The minimum absolute atomic E-state index is 0.0359. The van der Waals surface area contributed by atoms with Crippen molar-refractivity contribution in [1.29, 1.82) is 5.26 Å². The molecule has 0 amide bonds. The Morgan fingerprint density at radius 1 is 1.04 bits per heavy atom. The first-order valence-electron chi connectivity index (χ1n) is 8.88. The van der Waals surface area contributed by atoms with Gasteiger partial charge in [0.2, 0.25) is 0 Å². The summed E-state index contributed by atoms with van der Waals surface area (Å²) in [6, 6.07) is 22.9. The lowest BCUT2D eigenvalue weighted by Gasteiger charge is -2.39. The molecule has 2 aromatic rings. The summed E-state index contributed by atoms with van der Waals surface area (Å²) < 4.78 is 5.84. The quantitative estimate of drug-likeness (QED) is 0.796. The SMILES string of the molecule is CC(c1ccccc1)C1C(C#N)=C(N)OC2NNC(c3ccccc3)C21. The predicted octanol–water partition coefficient (Wildman–Crippen LogP) is 2.92. The van der Waals surface area contributed by atoms with Gasteiger partial charge in [0, 0.05) is 11.8 Å². The molecule has 0 aliphatic carbocycles. The molecule has 2 aromatic carbocycles. The van der Waals surface area contributed by atoms with E-state index in [1.165, 1.54) is 11.1 Å². The summed E-state index contributed by atoms with van der Waals surface area (Å²) in [7, 11) is 0. The van der Waals surface area contributed by atoms with Gasteiger partial charge in [-0.15, -0.1) is 0 Å². The summed E-state index contributed by atoms with van der Waals surface area (Å²) >= 11 is 0. The van der Waals surface area contributed by atoms with Gasteiger partial charge < -0.3 is 10.5 Å². The Kier molecular flexibility index (Phi) is 4.37. The van der Waals surface area contributed by atoms with Crippen molar-refractivity contribution in [2.45, 2.75) is 25.1 Å². The predicted molar refractivity (Wildman–Crippen MR) is 99.0 cm³/mol. The molecular weight excluding hydrogens is 324 g/mol. The molecule has 4 rings (SSSR count). The minimum atomic E-state index is -0.270. The molecule has 2 aliphatic rings. The average Bonchev–Trinajstić information content (AvgIpc) is 3.11. The minimum Gasteiger partial charge on any atom is -0.458 e. The molecule has 0 spiro atoms. The fourth-order valence-electron chi connectivity index (χ4n) is 4.24. The van der Waals surface area contributed by atoms with Gasteiger partial charge in [-0.3, -0.25) is 0 Å². The molecule has 1 fully saturated rings. The van der Waals surface area contributed by atoms with Crippen LogP contribution in [0.25, 0.3) is 0 Å². The molecule has 5 atom stereocenters. The molecule has 5 unspecified atom stereocenters. The molecule has 0 radical (unpaired) electrons. The van der Waals surface area contributed by atoms with E-state index in [2.05, 4.69) is 48.1 Å². The van der Waals surface area contributed by atoms with Crippen LogP contribution < -0.4 is 16.6 Å². The number of benzene rings is 2. The van der Waals surface area contributed by atoms with Crippen molar-refractivity contribution in [2.24, 2.45) is 17.6 Å². The highest BCUT2D eigenvalue weighted by atomic mass is 16.5. The molecule has 0 aromatic heterocycles. The van der Waals surface area contributed by atoms with E-state index in [0.29, 0.717) is 5.57 Å². The molecule has 0 saturated carbocycles. The number of hydrazine groups is 1. The second-order valence-electron chi connectivity index (χ2n) is 6.91. The number of nitriles is 1. The second-order valence-corrected chi connectivity index (χ2v) is 6.91. The van der Waals surface area contributed by atoms with Gasteiger partial charge >= 0.3 is 0 Å². The summed E-state index contributed by atoms with van der Waals surface area (Å²) in [5.41, 5.74) is 15.6. The third kappa shape index (κ3) is 2.74. The third-order valence-corrected chi connectivity index (χ3v) is 5.53. The van der Waals surface area contributed by atoms with Crippen LogP contribution in [0.15, 0.2) is 72.1 Å². The van der Waals surface area contributed by atoms with Crippen LogP contribution in [-0.2, 0) is 4.74 Å². The number of fused-ring (bicyclic) bond motifs is 1. The number of ether oxygens (including phenoxy) is 1. The van der Waals surface area contributed by atoms with E-state index in [1.54, 1.807) is 0 Å². The number of hydrogen-bond acceptors (Lipinski definition) is 5. The van der Waals surface area contributed by atoms with Gasteiger partial charge in [-0.25, -0.2) is 10.9 Å². The normalized spacial score (nSPS) is 28.8. The molecule has 4 N–H and O–H groups in total. The first-order chi connectivity index (χ1) is 12.7. The monoisotopic (exact) mass is 346 g/mol. The van der Waals surface area contributed by atoms with Gasteiger partial charge in [-0.2, -0.15) is 5.26 Å². The van der Waals surface area contributed by atoms with Gasteiger partial charge in [-0.1, -0.05) is 67.6 Å². The summed E-state index contributed by atoms with van der Waals surface area (Å²) in [5, 5.41) is 9.80. The smallest absolute Gasteiger partial charge is 0.200 e. The van der Waals surface area contributed by atoms with Crippen LogP contribution in [0, 0.1) is 23.2 Å². The van der Waals surface area contributed by atoms with Gasteiger partial charge in [0.15, 0.2) is 12.1 Å². The molecule has 5 heteroatoms.